The van der Waals surface area contributed by atoms with E-state index in [1.165, 1.54) is 44.1 Å². The molecule has 0 aliphatic heterocycles. The van der Waals surface area contributed by atoms with E-state index < -0.39 is 0 Å². The predicted octanol–water partition coefficient (Wildman–Crippen LogP) is 3.88. The van der Waals surface area contributed by atoms with E-state index in [-0.39, 0.29) is 0 Å². The Hall–Kier alpha value is -0.980. The Balaban J connectivity index is 2.28. The lowest BCUT2D eigenvalue weighted by atomic mass is 9.68. The molecule has 1 fully saturated rings. The summed E-state index contributed by atoms with van der Waals surface area (Å²) in [6.07, 6.45) is 8.16. The van der Waals surface area contributed by atoms with E-state index in [1.807, 2.05) is 12.1 Å². The number of nitrogens with two attached hydrogens (primary N) is 1. The zero-order valence-electron chi connectivity index (χ0n) is 9.63. The minimum atomic E-state index is 0.450. The van der Waals surface area contributed by atoms with Gasteiger partial charge in [-0.05, 0) is 42.4 Å². The van der Waals surface area contributed by atoms with Crippen molar-refractivity contribution >= 4 is 5.69 Å². The molecule has 0 saturated heterocycles. The minimum absolute atomic E-state index is 0.450. The van der Waals surface area contributed by atoms with Crippen LogP contribution in [-0.2, 0) is 5.41 Å². The highest BCUT2D eigenvalue weighted by atomic mass is 14.5. The van der Waals surface area contributed by atoms with E-state index >= 15 is 0 Å². The van der Waals surface area contributed by atoms with Gasteiger partial charge in [0.25, 0.3) is 0 Å². The van der Waals surface area contributed by atoms with Crippen LogP contribution in [0.3, 0.4) is 0 Å². The first-order chi connectivity index (χ1) is 7.27. The van der Waals surface area contributed by atoms with Gasteiger partial charge in [0.1, 0.15) is 0 Å². The number of anilines is 1. The summed E-state index contributed by atoms with van der Waals surface area (Å²) in [5.74, 6) is 0. The van der Waals surface area contributed by atoms with Gasteiger partial charge in [-0.3, -0.25) is 0 Å². The third kappa shape index (κ3) is 2.01. The normalized spacial score (nSPS) is 20.1. The standard InChI is InChI=1S/C14H21N/c1-2-14(10-4-3-5-11-14)12-6-8-13(15)9-7-12/h6-9H,2-5,10-11,15H2,1H3. The highest BCUT2D eigenvalue weighted by molar-refractivity contribution is 5.41. The van der Waals surface area contributed by atoms with E-state index in [4.69, 9.17) is 5.73 Å². The summed E-state index contributed by atoms with van der Waals surface area (Å²) in [6.45, 7) is 2.32. The molecule has 2 N–H and O–H groups in total. The number of hydrogen-bond acceptors (Lipinski definition) is 1. The first-order valence-electron chi connectivity index (χ1n) is 6.13. The average molecular weight is 203 g/mol. The van der Waals surface area contributed by atoms with Crippen molar-refractivity contribution in [3.8, 4) is 0 Å². The zero-order valence-corrected chi connectivity index (χ0v) is 9.63. The van der Waals surface area contributed by atoms with Gasteiger partial charge < -0.3 is 5.73 Å². The molecule has 1 aliphatic carbocycles. The van der Waals surface area contributed by atoms with Crippen molar-refractivity contribution in [2.75, 3.05) is 5.73 Å². The van der Waals surface area contributed by atoms with Crippen molar-refractivity contribution in [3.05, 3.63) is 29.8 Å². The third-order valence-corrected chi connectivity index (χ3v) is 4.01. The summed E-state index contributed by atoms with van der Waals surface area (Å²) in [5, 5.41) is 0. The van der Waals surface area contributed by atoms with E-state index in [1.54, 1.807) is 0 Å². The van der Waals surface area contributed by atoms with E-state index in [9.17, 15) is 0 Å². The molecule has 0 amide bonds. The third-order valence-electron chi connectivity index (χ3n) is 4.01. The summed E-state index contributed by atoms with van der Waals surface area (Å²) in [5.41, 5.74) is 8.57. The second-order valence-electron chi connectivity index (χ2n) is 4.82. The van der Waals surface area contributed by atoms with Gasteiger partial charge in [0, 0.05) is 5.69 Å². The van der Waals surface area contributed by atoms with Crippen molar-refractivity contribution < 1.29 is 0 Å². The monoisotopic (exact) mass is 203 g/mol. The molecule has 82 valence electrons. The van der Waals surface area contributed by atoms with Crippen LogP contribution < -0.4 is 5.73 Å². The summed E-state index contributed by atoms with van der Waals surface area (Å²) in [4.78, 5) is 0. The van der Waals surface area contributed by atoms with E-state index in [0.29, 0.717) is 5.41 Å². The van der Waals surface area contributed by atoms with Gasteiger partial charge in [-0.1, -0.05) is 38.3 Å². The van der Waals surface area contributed by atoms with Crippen LogP contribution in [0.1, 0.15) is 51.0 Å². The molecular weight excluding hydrogens is 182 g/mol. The van der Waals surface area contributed by atoms with Crippen LogP contribution >= 0.6 is 0 Å². The molecule has 15 heavy (non-hydrogen) atoms. The van der Waals surface area contributed by atoms with Crippen LogP contribution in [0.4, 0.5) is 5.69 Å². The Morgan fingerprint density at radius 2 is 1.67 bits per heavy atom. The molecule has 1 aliphatic rings. The van der Waals surface area contributed by atoms with Crippen LogP contribution in [0, 0.1) is 0 Å². The van der Waals surface area contributed by atoms with Gasteiger partial charge in [0.15, 0.2) is 0 Å². The fourth-order valence-corrected chi connectivity index (χ4v) is 2.91. The number of benzene rings is 1. The Kier molecular flexibility index (Phi) is 2.99. The lowest BCUT2D eigenvalue weighted by Crippen LogP contribution is -2.28. The van der Waals surface area contributed by atoms with Gasteiger partial charge >= 0.3 is 0 Å². The molecule has 2 rings (SSSR count). The van der Waals surface area contributed by atoms with Gasteiger partial charge in [-0.2, -0.15) is 0 Å². The summed E-state index contributed by atoms with van der Waals surface area (Å²) in [6, 6.07) is 8.54. The fourth-order valence-electron chi connectivity index (χ4n) is 2.91. The molecule has 0 spiro atoms. The second kappa shape index (κ2) is 4.26. The zero-order chi connectivity index (χ0) is 10.7. The van der Waals surface area contributed by atoms with Crippen molar-refractivity contribution in [3.63, 3.8) is 0 Å². The quantitative estimate of drug-likeness (QED) is 0.725. The van der Waals surface area contributed by atoms with E-state index in [2.05, 4.69) is 19.1 Å². The molecular formula is C14H21N. The van der Waals surface area contributed by atoms with Crippen LogP contribution in [0.5, 0.6) is 0 Å². The van der Waals surface area contributed by atoms with Crippen molar-refractivity contribution in [2.24, 2.45) is 0 Å². The first kappa shape index (κ1) is 10.5. The van der Waals surface area contributed by atoms with Crippen molar-refractivity contribution in [1.29, 1.82) is 0 Å². The molecule has 0 radical (unpaired) electrons. The Labute approximate surface area is 92.7 Å². The fraction of sp³-hybridized carbons (Fsp3) is 0.571. The van der Waals surface area contributed by atoms with E-state index in [0.717, 1.165) is 5.69 Å². The summed E-state index contributed by atoms with van der Waals surface area (Å²) >= 11 is 0. The van der Waals surface area contributed by atoms with Gasteiger partial charge in [0.2, 0.25) is 0 Å². The molecule has 1 aromatic carbocycles. The van der Waals surface area contributed by atoms with Gasteiger partial charge in [0.05, 0.1) is 0 Å². The van der Waals surface area contributed by atoms with Crippen molar-refractivity contribution in [2.45, 2.75) is 50.9 Å². The molecule has 1 aromatic rings. The number of nitrogen functional groups attached to an aromatic ring is 1. The van der Waals surface area contributed by atoms with Crippen LogP contribution in [0.2, 0.25) is 0 Å². The Bertz CT molecular complexity index is 307. The summed E-state index contributed by atoms with van der Waals surface area (Å²) < 4.78 is 0. The molecule has 1 nitrogen and oxygen atoms in total. The first-order valence-corrected chi connectivity index (χ1v) is 6.13. The molecule has 0 heterocycles. The molecule has 0 aromatic heterocycles. The lowest BCUT2D eigenvalue weighted by Gasteiger charge is -2.37. The topological polar surface area (TPSA) is 26.0 Å². The van der Waals surface area contributed by atoms with Crippen molar-refractivity contribution in [1.82, 2.24) is 0 Å². The average Bonchev–Trinajstić information content (AvgIpc) is 2.31. The lowest BCUT2D eigenvalue weighted by molar-refractivity contribution is 0.283. The minimum Gasteiger partial charge on any atom is -0.399 e. The maximum Gasteiger partial charge on any atom is 0.0314 e. The molecule has 1 heteroatoms. The number of hydrogen-bond donors (Lipinski definition) is 1. The molecule has 0 atom stereocenters. The Morgan fingerprint density at radius 1 is 1.07 bits per heavy atom. The van der Waals surface area contributed by atoms with Crippen LogP contribution in [-0.4, -0.2) is 0 Å². The second-order valence-corrected chi connectivity index (χ2v) is 4.82. The van der Waals surface area contributed by atoms with Crippen LogP contribution in [0.25, 0.3) is 0 Å². The molecule has 0 unspecified atom stereocenters. The summed E-state index contributed by atoms with van der Waals surface area (Å²) in [7, 11) is 0. The maximum absolute atomic E-state index is 5.74. The molecule has 1 saturated carbocycles. The SMILES string of the molecule is CCC1(c2ccc(N)cc2)CCCCC1. The predicted molar refractivity (Wildman–Crippen MR) is 65.9 cm³/mol. The number of rotatable bonds is 2. The smallest absolute Gasteiger partial charge is 0.0314 e. The Morgan fingerprint density at radius 3 is 2.20 bits per heavy atom. The highest BCUT2D eigenvalue weighted by Gasteiger charge is 2.31. The van der Waals surface area contributed by atoms with Crippen LogP contribution in [0.15, 0.2) is 24.3 Å². The highest BCUT2D eigenvalue weighted by Crippen LogP contribution is 2.42. The van der Waals surface area contributed by atoms with Gasteiger partial charge in [-0.15, -0.1) is 0 Å². The van der Waals surface area contributed by atoms with Gasteiger partial charge in [-0.25, -0.2) is 0 Å². The largest absolute Gasteiger partial charge is 0.399 e. The molecule has 0 bridgehead atoms. The maximum atomic E-state index is 5.74.